The number of aliphatic hydroxyl groups is 1. The number of aromatic amines is 2. The summed E-state index contributed by atoms with van der Waals surface area (Å²) < 4.78 is 11.1. The molecule has 0 amide bonds. The van der Waals surface area contributed by atoms with E-state index in [0.29, 0.717) is 23.3 Å². The normalized spacial score (nSPS) is 27.3. The van der Waals surface area contributed by atoms with Crippen LogP contribution in [0.5, 0.6) is 0 Å². The van der Waals surface area contributed by atoms with Gasteiger partial charge in [0.05, 0.1) is 18.9 Å². The summed E-state index contributed by atoms with van der Waals surface area (Å²) in [5, 5.41) is 18.5. The van der Waals surface area contributed by atoms with Crippen LogP contribution in [-0.4, -0.2) is 46.5 Å². The summed E-state index contributed by atoms with van der Waals surface area (Å²) in [6.45, 7) is 21.6. The third kappa shape index (κ3) is 9.59. The fourth-order valence-corrected chi connectivity index (χ4v) is 10.3. The predicted molar refractivity (Wildman–Crippen MR) is 245 cm³/mol. The molecule has 5 heterocycles. The molecule has 10 nitrogen and oxygen atoms in total. The van der Waals surface area contributed by atoms with E-state index in [-0.39, 0.29) is 48.5 Å². The summed E-state index contributed by atoms with van der Waals surface area (Å²) >= 11 is 0. The van der Waals surface area contributed by atoms with Crippen molar-refractivity contribution in [1.82, 2.24) is 20.6 Å². The molecule has 0 spiro atoms. The molecule has 3 aliphatic heterocycles. The van der Waals surface area contributed by atoms with E-state index < -0.39 is 18.0 Å². The maximum atomic E-state index is 14.4. The maximum absolute atomic E-state index is 14.4. The first-order chi connectivity index (χ1) is 29.1. The number of carbonyl (C=O) groups excluding carboxylic acids is 3. The molecular weight excluding hydrogens is 765 g/mol. The summed E-state index contributed by atoms with van der Waals surface area (Å²) in [4.78, 5) is 48.6. The molecule has 61 heavy (non-hydrogen) atoms. The monoisotopic (exact) mass is 837 g/mol. The molecule has 8 atom stereocenters. The molecule has 6 rings (SSSR count). The van der Waals surface area contributed by atoms with Crippen LogP contribution in [0.25, 0.3) is 23.8 Å². The number of hydrogen-bond acceptors (Lipinski definition) is 8. The van der Waals surface area contributed by atoms with Crippen LogP contribution in [0.4, 0.5) is 0 Å². The topological polar surface area (TPSA) is 146 Å². The third-order valence-corrected chi connectivity index (χ3v) is 14.4. The van der Waals surface area contributed by atoms with Gasteiger partial charge in [-0.3, -0.25) is 14.4 Å². The minimum atomic E-state index is -1.15. The summed E-state index contributed by atoms with van der Waals surface area (Å²) in [5.74, 6) is -0.808. The number of aromatic nitrogens is 2. The average Bonchev–Trinajstić information content (AvgIpc) is 3.97. The van der Waals surface area contributed by atoms with E-state index in [9.17, 15) is 19.5 Å². The van der Waals surface area contributed by atoms with E-state index in [4.69, 9.17) is 9.47 Å². The fraction of sp³-hybridized carbons (Fsp3) is 0.588. The van der Waals surface area contributed by atoms with Crippen molar-refractivity contribution in [2.45, 2.75) is 140 Å². The van der Waals surface area contributed by atoms with Gasteiger partial charge in [0.2, 0.25) is 0 Å². The number of allylic oxidation sites excluding steroid dienone is 5. The van der Waals surface area contributed by atoms with Crippen LogP contribution in [0.1, 0.15) is 176 Å². The van der Waals surface area contributed by atoms with Gasteiger partial charge in [0.25, 0.3) is 0 Å². The SMILES string of the molecule is CC[C@@H](C)CCC[C@@H](C)CCC/C(C)=C/COC(=O)CC[C@@H]1/C2=C3/c4[nH]c(c(C)c4C(=O)[C@@H]3C(=O)OC)/C=C3\N/C(=C\c4[nH]c(c(C)c4C(C)O)/C=C(\N2)[C@H]1C)[C@H](C)[C@H]3CC. The van der Waals surface area contributed by atoms with E-state index in [2.05, 4.69) is 87.3 Å². The molecule has 2 saturated heterocycles. The molecule has 0 saturated carbocycles. The van der Waals surface area contributed by atoms with E-state index >= 15 is 0 Å². The lowest BCUT2D eigenvalue weighted by molar-refractivity contribution is -0.143. The highest BCUT2D eigenvalue weighted by Gasteiger charge is 2.49. The molecule has 8 bridgehead atoms. The number of hydrogen-bond donors (Lipinski definition) is 5. The molecule has 2 aromatic heterocycles. The Morgan fingerprint density at radius 1 is 0.836 bits per heavy atom. The summed E-state index contributed by atoms with van der Waals surface area (Å²) in [5.41, 5.74) is 11.7. The Hall–Kier alpha value is -4.57. The molecule has 2 aromatic rings. The summed E-state index contributed by atoms with van der Waals surface area (Å²) in [6.07, 6.45) is 17.6. The number of rotatable bonds is 17. The Labute approximate surface area is 364 Å². The van der Waals surface area contributed by atoms with Gasteiger partial charge in [-0.15, -0.1) is 0 Å². The highest BCUT2D eigenvalue weighted by atomic mass is 16.5. The largest absolute Gasteiger partial charge is 0.468 e. The second-order valence-electron chi connectivity index (χ2n) is 18.7. The van der Waals surface area contributed by atoms with Crippen molar-refractivity contribution < 1.29 is 29.0 Å². The molecule has 2 fully saturated rings. The van der Waals surface area contributed by atoms with Gasteiger partial charge in [-0.1, -0.05) is 79.2 Å². The van der Waals surface area contributed by atoms with Crippen molar-refractivity contribution in [2.75, 3.05) is 13.7 Å². The lowest BCUT2D eigenvalue weighted by Gasteiger charge is -2.19. The van der Waals surface area contributed by atoms with Crippen molar-refractivity contribution in [3.8, 4) is 0 Å². The third-order valence-electron chi connectivity index (χ3n) is 14.4. The van der Waals surface area contributed by atoms with Crippen molar-refractivity contribution >= 4 is 41.5 Å². The number of aliphatic hydroxyl groups excluding tert-OH is 1. The lowest BCUT2D eigenvalue weighted by Crippen LogP contribution is -2.25. The minimum absolute atomic E-state index is 0.122. The van der Waals surface area contributed by atoms with E-state index in [1.165, 1.54) is 44.8 Å². The molecule has 0 aromatic carbocycles. The number of ether oxygens (including phenoxy) is 2. The highest BCUT2D eigenvalue weighted by molar-refractivity contribution is 6.24. The number of Topliss-reactive ketones (excluding diaryl/α,β-unsaturated/α-hetero) is 1. The minimum Gasteiger partial charge on any atom is -0.468 e. The van der Waals surface area contributed by atoms with Crippen LogP contribution in [0.15, 0.2) is 34.4 Å². The van der Waals surface area contributed by atoms with Crippen LogP contribution in [0.3, 0.4) is 0 Å². The molecule has 0 radical (unpaired) electrons. The number of ketones is 1. The Kier molecular flexibility index (Phi) is 14.8. The number of nitrogens with one attached hydrogen (secondary N) is 4. The first-order valence-electron chi connectivity index (χ1n) is 23.1. The van der Waals surface area contributed by atoms with Crippen LogP contribution in [0.2, 0.25) is 0 Å². The molecular formula is C51H72N4O6. The predicted octanol–water partition coefficient (Wildman–Crippen LogP) is 10.9. The number of H-pyrrole nitrogens is 2. The molecule has 5 N–H and O–H groups in total. The van der Waals surface area contributed by atoms with Crippen molar-refractivity contribution in [3.05, 3.63) is 79.5 Å². The Balaban J connectivity index is 1.30. The molecule has 1 aliphatic carbocycles. The summed E-state index contributed by atoms with van der Waals surface area (Å²) in [7, 11) is 1.32. The van der Waals surface area contributed by atoms with Crippen LogP contribution >= 0.6 is 0 Å². The van der Waals surface area contributed by atoms with Gasteiger partial charge < -0.3 is 35.2 Å². The van der Waals surface area contributed by atoms with Gasteiger partial charge >= 0.3 is 11.9 Å². The van der Waals surface area contributed by atoms with Gasteiger partial charge in [0, 0.05) is 86.7 Å². The molecule has 10 heteroatoms. The molecule has 1 unspecified atom stereocenters. The molecule has 4 aliphatic rings. The number of esters is 2. The van der Waals surface area contributed by atoms with Gasteiger partial charge in [0.15, 0.2) is 5.78 Å². The van der Waals surface area contributed by atoms with Gasteiger partial charge in [-0.25, -0.2) is 0 Å². The van der Waals surface area contributed by atoms with E-state index in [1.807, 2.05) is 19.9 Å². The Morgan fingerprint density at radius 2 is 1.48 bits per heavy atom. The number of methoxy groups -OCH3 is 1. The summed E-state index contributed by atoms with van der Waals surface area (Å²) in [6, 6.07) is 0. The lowest BCUT2D eigenvalue weighted by atomic mass is 9.85. The zero-order valence-electron chi connectivity index (χ0n) is 38.7. The Morgan fingerprint density at radius 3 is 2.16 bits per heavy atom. The second kappa shape index (κ2) is 19.6. The number of carbonyl (C=O) groups is 3. The first kappa shape index (κ1) is 45.9. The van der Waals surface area contributed by atoms with Gasteiger partial charge in [-0.2, -0.15) is 0 Å². The van der Waals surface area contributed by atoms with Crippen molar-refractivity contribution in [3.63, 3.8) is 0 Å². The van der Waals surface area contributed by atoms with Crippen LogP contribution in [0, 0.1) is 55.3 Å². The quantitative estimate of drug-likeness (QED) is 0.0601. The average molecular weight is 837 g/mol. The molecule has 332 valence electrons. The second-order valence-corrected chi connectivity index (χ2v) is 18.7. The maximum Gasteiger partial charge on any atom is 0.321 e. The number of fused-ring (bicyclic) bond motifs is 7. The van der Waals surface area contributed by atoms with Crippen LogP contribution < -0.4 is 10.6 Å². The van der Waals surface area contributed by atoms with Crippen molar-refractivity contribution in [1.29, 1.82) is 0 Å². The van der Waals surface area contributed by atoms with Crippen molar-refractivity contribution in [2.24, 2.45) is 41.4 Å². The Bertz CT molecular complexity index is 2140. The van der Waals surface area contributed by atoms with E-state index in [0.717, 1.165) is 87.7 Å². The standard InChI is InChI=1S/C51H72N4O6/c1-12-27(3)16-14-17-28(4)18-15-19-29(5)22-23-61-43(57)21-20-36-31(7)38-24-39-32(8)44(34(10)56)42(53-39)26-37-30(6)35(13-2)41(52-37)25-40-33(9)45-49(55-40)46(48(36)54-38)47(50(45)58)51(59)60-11/h22,24-28,30-31,34-36,47,52-56H,12-21,23H2,1-11H3/b29-22+,37-26-,38-24-,41-25-,48-46-/t27-,28-,30-,31+,34?,35-,36+,47-/m1/s1. The zero-order valence-corrected chi connectivity index (χ0v) is 38.7. The smallest absolute Gasteiger partial charge is 0.321 e. The van der Waals surface area contributed by atoms with E-state index in [1.54, 1.807) is 6.92 Å². The zero-order chi connectivity index (χ0) is 44.3. The highest BCUT2D eigenvalue weighted by Crippen LogP contribution is 2.49. The van der Waals surface area contributed by atoms with Gasteiger partial charge in [0.1, 0.15) is 12.5 Å². The first-order valence-corrected chi connectivity index (χ1v) is 23.1. The van der Waals surface area contributed by atoms with Crippen LogP contribution in [-0.2, 0) is 19.1 Å². The van der Waals surface area contributed by atoms with Gasteiger partial charge in [-0.05, 0) is 101 Å². The fourth-order valence-electron chi connectivity index (χ4n) is 10.3.